The van der Waals surface area contributed by atoms with E-state index in [1.165, 1.54) is 11.3 Å². The van der Waals surface area contributed by atoms with Gasteiger partial charge in [-0.25, -0.2) is 23.4 Å². The molecular formula is C16H17ClN4O4S2. The van der Waals surface area contributed by atoms with E-state index >= 15 is 0 Å². The van der Waals surface area contributed by atoms with E-state index < -0.39 is 15.4 Å². The normalized spacial score (nSPS) is 21.7. The van der Waals surface area contributed by atoms with Gasteiger partial charge in [0, 0.05) is 24.4 Å². The maximum absolute atomic E-state index is 12.1. The molecular weight excluding hydrogens is 412 g/mol. The number of aliphatic hydroxyl groups is 1. The molecule has 27 heavy (non-hydrogen) atoms. The summed E-state index contributed by atoms with van der Waals surface area (Å²) in [7, 11) is -3.63. The topological polar surface area (TPSA) is 106 Å². The molecule has 3 aromatic rings. The van der Waals surface area contributed by atoms with E-state index in [9.17, 15) is 13.5 Å². The van der Waals surface area contributed by atoms with E-state index in [1.807, 2.05) is 4.90 Å². The number of pyridine rings is 1. The van der Waals surface area contributed by atoms with Gasteiger partial charge in [0.1, 0.15) is 21.4 Å². The fourth-order valence-corrected chi connectivity index (χ4v) is 5.00. The Balaban J connectivity index is 2.04. The van der Waals surface area contributed by atoms with Gasteiger partial charge in [0.05, 0.1) is 29.8 Å². The molecule has 0 aromatic carbocycles. The van der Waals surface area contributed by atoms with Crippen molar-refractivity contribution in [3.8, 4) is 0 Å². The van der Waals surface area contributed by atoms with Crippen molar-refractivity contribution >= 4 is 58.9 Å². The van der Waals surface area contributed by atoms with Crippen LogP contribution < -0.4 is 4.90 Å². The minimum atomic E-state index is -3.63. The molecule has 0 aliphatic carbocycles. The molecule has 1 aliphatic heterocycles. The maximum atomic E-state index is 12.1. The van der Waals surface area contributed by atoms with E-state index in [2.05, 4.69) is 15.0 Å². The van der Waals surface area contributed by atoms with Crippen molar-refractivity contribution in [1.82, 2.24) is 15.0 Å². The number of sulfone groups is 1. The van der Waals surface area contributed by atoms with Crippen molar-refractivity contribution < 1.29 is 18.3 Å². The molecule has 1 N–H and O–H groups in total. The molecule has 8 nitrogen and oxygen atoms in total. The summed E-state index contributed by atoms with van der Waals surface area (Å²) in [5, 5.41) is 12.1. The first kappa shape index (κ1) is 18.8. The molecule has 1 saturated heterocycles. The van der Waals surface area contributed by atoms with Gasteiger partial charge in [-0.1, -0.05) is 11.6 Å². The summed E-state index contributed by atoms with van der Waals surface area (Å²) in [6.45, 7) is 2.96. The molecule has 1 aliphatic rings. The lowest BCUT2D eigenvalue weighted by Gasteiger charge is -2.28. The highest BCUT2D eigenvalue weighted by molar-refractivity contribution is 7.90. The van der Waals surface area contributed by atoms with Crippen LogP contribution in [0.4, 0.5) is 5.82 Å². The average molecular weight is 429 g/mol. The molecule has 144 valence electrons. The SMILES string of the molecule is C[C@@]1(O)COCCN(c2nc(S(C)(=O)=O)nc3sc4c(Cl)nccc4c23)C1. The minimum absolute atomic E-state index is 0.191. The highest BCUT2D eigenvalue weighted by atomic mass is 35.5. The number of halogens is 1. The van der Waals surface area contributed by atoms with Crippen LogP contribution >= 0.6 is 22.9 Å². The second kappa shape index (κ2) is 6.49. The van der Waals surface area contributed by atoms with E-state index in [4.69, 9.17) is 16.3 Å². The van der Waals surface area contributed by atoms with E-state index in [1.54, 1.807) is 19.2 Å². The Kier molecular flexibility index (Phi) is 4.51. The lowest BCUT2D eigenvalue weighted by molar-refractivity contribution is -0.0123. The standard InChI is InChI=1S/C16H17ClN4O4S2/c1-16(22)7-21(5-6-25-8-16)13-10-9-3-4-18-12(17)11(9)26-14(10)20-15(19-13)27(2,23)24/h3-4,22H,5-8H2,1-2H3/t16-/m0/s1. The van der Waals surface area contributed by atoms with Crippen molar-refractivity contribution in [2.24, 2.45) is 0 Å². The van der Waals surface area contributed by atoms with Gasteiger partial charge in [-0.2, -0.15) is 0 Å². The van der Waals surface area contributed by atoms with Gasteiger partial charge in [-0.15, -0.1) is 11.3 Å². The number of fused-ring (bicyclic) bond motifs is 3. The van der Waals surface area contributed by atoms with Crippen LogP contribution in [0.3, 0.4) is 0 Å². The number of rotatable bonds is 2. The van der Waals surface area contributed by atoms with Crippen LogP contribution in [0, 0.1) is 0 Å². The van der Waals surface area contributed by atoms with Crippen molar-refractivity contribution in [2.45, 2.75) is 17.7 Å². The number of hydrogen-bond acceptors (Lipinski definition) is 9. The highest BCUT2D eigenvalue weighted by Gasteiger charge is 2.31. The fraction of sp³-hybridized carbons (Fsp3) is 0.438. The monoisotopic (exact) mass is 428 g/mol. The van der Waals surface area contributed by atoms with Crippen LogP contribution in [0.25, 0.3) is 20.3 Å². The van der Waals surface area contributed by atoms with Gasteiger partial charge >= 0.3 is 0 Å². The second-order valence-electron chi connectivity index (χ2n) is 6.83. The lowest BCUT2D eigenvalue weighted by atomic mass is 10.1. The Bertz CT molecular complexity index is 1150. The number of nitrogens with zero attached hydrogens (tertiary/aromatic N) is 4. The second-order valence-corrected chi connectivity index (χ2v) is 10.1. The first-order valence-corrected chi connectivity index (χ1v) is 11.2. The summed E-state index contributed by atoms with van der Waals surface area (Å²) in [5.41, 5.74) is -1.09. The van der Waals surface area contributed by atoms with Gasteiger partial charge in [0.2, 0.25) is 15.0 Å². The molecule has 1 atom stereocenters. The van der Waals surface area contributed by atoms with Crippen LogP contribution in [0.5, 0.6) is 0 Å². The van der Waals surface area contributed by atoms with E-state index in [-0.39, 0.29) is 18.3 Å². The molecule has 1 fully saturated rings. The third kappa shape index (κ3) is 3.47. The molecule has 4 heterocycles. The molecule has 11 heteroatoms. The van der Waals surface area contributed by atoms with Gasteiger partial charge in [-0.3, -0.25) is 0 Å². The number of hydrogen-bond donors (Lipinski definition) is 1. The van der Waals surface area contributed by atoms with Crippen LogP contribution in [0.2, 0.25) is 5.15 Å². The average Bonchev–Trinajstić information content (AvgIpc) is 2.86. The molecule has 3 aromatic heterocycles. The molecule has 0 bridgehead atoms. The first-order valence-electron chi connectivity index (χ1n) is 8.16. The van der Waals surface area contributed by atoms with Crippen molar-refractivity contribution in [3.63, 3.8) is 0 Å². The van der Waals surface area contributed by atoms with Gasteiger partial charge in [0.25, 0.3) is 0 Å². The Morgan fingerprint density at radius 1 is 1.41 bits per heavy atom. The summed E-state index contributed by atoms with van der Waals surface area (Å²) < 4.78 is 30.5. The molecule has 0 radical (unpaired) electrons. The van der Waals surface area contributed by atoms with E-state index in [0.29, 0.717) is 39.0 Å². The molecule has 0 unspecified atom stereocenters. The maximum Gasteiger partial charge on any atom is 0.250 e. The van der Waals surface area contributed by atoms with Crippen molar-refractivity contribution in [2.75, 3.05) is 37.5 Å². The highest BCUT2D eigenvalue weighted by Crippen LogP contribution is 2.40. The van der Waals surface area contributed by atoms with Crippen molar-refractivity contribution in [1.29, 1.82) is 0 Å². The summed E-state index contributed by atoms with van der Waals surface area (Å²) in [5.74, 6) is 0.444. The van der Waals surface area contributed by atoms with Crippen LogP contribution in [-0.2, 0) is 14.6 Å². The smallest absolute Gasteiger partial charge is 0.250 e. The van der Waals surface area contributed by atoms with Crippen LogP contribution in [0.15, 0.2) is 17.4 Å². The Morgan fingerprint density at radius 2 is 2.19 bits per heavy atom. The quantitative estimate of drug-likeness (QED) is 0.487. The number of anilines is 1. The zero-order valence-corrected chi connectivity index (χ0v) is 17.0. The van der Waals surface area contributed by atoms with Crippen LogP contribution in [0.1, 0.15) is 6.92 Å². The summed E-state index contributed by atoms with van der Waals surface area (Å²) in [6.07, 6.45) is 2.66. The lowest BCUT2D eigenvalue weighted by Crippen LogP contribution is -2.42. The molecule has 0 saturated carbocycles. The largest absolute Gasteiger partial charge is 0.386 e. The summed E-state index contributed by atoms with van der Waals surface area (Å²) in [6, 6.07) is 1.81. The van der Waals surface area contributed by atoms with Crippen LogP contribution in [-0.4, -0.2) is 66.6 Å². The van der Waals surface area contributed by atoms with E-state index in [0.717, 1.165) is 11.6 Å². The van der Waals surface area contributed by atoms with Crippen molar-refractivity contribution in [3.05, 3.63) is 17.4 Å². The summed E-state index contributed by atoms with van der Waals surface area (Å²) >= 11 is 7.50. The summed E-state index contributed by atoms with van der Waals surface area (Å²) in [4.78, 5) is 15.0. The fourth-order valence-electron chi connectivity index (χ4n) is 3.11. The predicted octanol–water partition coefficient (Wildman–Crippen LogP) is 1.88. The minimum Gasteiger partial charge on any atom is -0.386 e. The third-order valence-corrected chi connectivity index (χ3v) is 6.60. The number of aromatic nitrogens is 3. The predicted molar refractivity (Wildman–Crippen MR) is 104 cm³/mol. The Hall–Kier alpha value is -1.59. The van der Waals surface area contributed by atoms with Gasteiger partial charge in [-0.05, 0) is 13.0 Å². The number of ether oxygens (including phenoxy) is 1. The Morgan fingerprint density at radius 3 is 2.93 bits per heavy atom. The molecule has 0 amide bonds. The Labute approximate surface area is 164 Å². The number of β-amino-alcohol motifs (C(OH)–C–C–N with tert-alkyl or cyclic N) is 1. The van der Waals surface area contributed by atoms with Gasteiger partial charge in [0.15, 0.2) is 0 Å². The zero-order valence-electron chi connectivity index (χ0n) is 14.6. The zero-order chi connectivity index (χ0) is 19.4. The molecule has 0 spiro atoms. The molecule has 4 rings (SSSR count). The van der Waals surface area contributed by atoms with Gasteiger partial charge < -0.3 is 14.7 Å². The number of thiophene rings is 1. The third-order valence-electron chi connectivity index (χ3n) is 4.25. The first-order chi connectivity index (χ1) is 12.7.